The van der Waals surface area contributed by atoms with Crippen LogP contribution in [0.1, 0.15) is 31.4 Å². The van der Waals surface area contributed by atoms with Crippen LogP contribution >= 0.6 is 0 Å². The first-order chi connectivity index (χ1) is 16.0. The van der Waals surface area contributed by atoms with E-state index in [0.29, 0.717) is 54.0 Å². The van der Waals surface area contributed by atoms with Crippen LogP contribution in [0.25, 0.3) is 5.70 Å². The average molecular weight is 446 g/mol. The summed E-state index contributed by atoms with van der Waals surface area (Å²) in [6.45, 7) is 11.6. The van der Waals surface area contributed by atoms with E-state index in [2.05, 4.69) is 47.4 Å². The van der Waals surface area contributed by atoms with Crippen LogP contribution in [0.5, 0.6) is 11.5 Å². The van der Waals surface area contributed by atoms with Crippen LogP contribution < -0.4 is 15.4 Å². The van der Waals surface area contributed by atoms with E-state index in [9.17, 15) is 5.26 Å². The normalized spacial score (nSPS) is 15.3. The summed E-state index contributed by atoms with van der Waals surface area (Å²) >= 11 is 0. The second-order valence-corrected chi connectivity index (χ2v) is 7.87. The predicted octanol–water partition coefficient (Wildman–Crippen LogP) is 4.55. The Morgan fingerprint density at radius 2 is 2.15 bits per heavy atom. The van der Waals surface area contributed by atoms with Crippen molar-refractivity contribution in [1.82, 2.24) is 4.98 Å². The second-order valence-electron chi connectivity index (χ2n) is 7.87. The lowest BCUT2D eigenvalue weighted by atomic mass is 10.1. The van der Waals surface area contributed by atoms with Gasteiger partial charge in [-0.2, -0.15) is 5.26 Å². The van der Waals surface area contributed by atoms with Gasteiger partial charge in [-0.1, -0.05) is 32.9 Å². The van der Waals surface area contributed by atoms with Gasteiger partial charge >= 0.3 is 0 Å². The number of hydrogen-bond donors (Lipinski definition) is 1. The van der Waals surface area contributed by atoms with Gasteiger partial charge in [-0.25, -0.2) is 4.98 Å². The largest absolute Gasteiger partial charge is 0.456 e. The summed E-state index contributed by atoms with van der Waals surface area (Å²) in [5.41, 5.74) is 8.34. The number of nitriles is 1. The summed E-state index contributed by atoms with van der Waals surface area (Å²) in [5, 5.41) is 9.39. The SMILES string of the molecule is C=C(/N=C(\C=C/C(C)CC)CN)c1ccc(C#N)cc1Oc1ccnc(N2CCOCC2)c1. The molecule has 33 heavy (non-hydrogen) atoms. The fourth-order valence-electron chi connectivity index (χ4n) is 3.27. The van der Waals surface area contributed by atoms with Crippen molar-refractivity contribution < 1.29 is 9.47 Å². The summed E-state index contributed by atoms with van der Waals surface area (Å²) in [7, 11) is 0. The number of nitrogens with zero attached hydrogens (tertiary/aromatic N) is 4. The molecule has 0 radical (unpaired) electrons. The van der Waals surface area contributed by atoms with Gasteiger partial charge in [0, 0.05) is 37.5 Å². The Morgan fingerprint density at radius 1 is 1.36 bits per heavy atom. The number of pyridine rings is 1. The van der Waals surface area contributed by atoms with Crippen molar-refractivity contribution in [3.05, 3.63) is 66.4 Å². The summed E-state index contributed by atoms with van der Waals surface area (Å²) in [4.78, 5) is 11.3. The number of aliphatic imine (C=N–C) groups is 1. The Morgan fingerprint density at radius 3 is 2.85 bits per heavy atom. The van der Waals surface area contributed by atoms with Gasteiger partial charge in [-0.3, -0.25) is 4.99 Å². The van der Waals surface area contributed by atoms with Gasteiger partial charge in [0.15, 0.2) is 0 Å². The molecule has 0 bridgehead atoms. The number of anilines is 1. The van der Waals surface area contributed by atoms with E-state index in [1.807, 2.05) is 12.1 Å². The van der Waals surface area contributed by atoms with Gasteiger partial charge in [0.05, 0.1) is 36.3 Å². The third-order valence-electron chi connectivity index (χ3n) is 5.45. The lowest BCUT2D eigenvalue weighted by Crippen LogP contribution is -2.36. The molecule has 2 heterocycles. The molecule has 2 aromatic rings. The van der Waals surface area contributed by atoms with E-state index in [4.69, 9.17) is 15.2 Å². The smallest absolute Gasteiger partial charge is 0.138 e. The highest BCUT2D eigenvalue weighted by molar-refractivity contribution is 6.00. The Hall–Kier alpha value is -3.47. The first-order valence-electron chi connectivity index (χ1n) is 11.2. The van der Waals surface area contributed by atoms with Crippen molar-refractivity contribution in [1.29, 1.82) is 5.26 Å². The zero-order valence-electron chi connectivity index (χ0n) is 19.3. The monoisotopic (exact) mass is 445 g/mol. The third-order valence-corrected chi connectivity index (χ3v) is 5.45. The maximum Gasteiger partial charge on any atom is 0.138 e. The van der Waals surface area contributed by atoms with Crippen LogP contribution in [-0.4, -0.2) is 43.5 Å². The van der Waals surface area contributed by atoms with Crippen LogP contribution in [0.15, 0.2) is 60.3 Å². The Balaban J connectivity index is 1.88. The number of benzene rings is 1. The van der Waals surface area contributed by atoms with Crippen LogP contribution in [0, 0.1) is 17.2 Å². The Bertz CT molecular complexity index is 1060. The van der Waals surface area contributed by atoms with E-state index in [1.165, 1.54) is 0 Å². The van der Waals surface area contributed by atoms with Crippen molar-refractivity contribution in [2.24, 2.45) is 16.6 Å². The zero-order valence-corrected chi connectivity index (χ0v) is 19.3. The molecule has 3 rings (SSSR count). The van der Waals surface area contributed by atoms with E-state index in [1.54, 1.807) is 30.5 Å². The molecule has 172 valence electrons. The molecule has 1 fully saturated rings. The molecule has 1 aliphatic rings. The van der Waals surface area contributed by atoms with Gasteiger partial charge in [0.1, 0.15) is 17.3 Å². The summed E-state index contributed by atoms with van der Waals surface area (Å²) < 4.78 is 11.6. The quantitative estimate of drug-likeness (QED) is 0.569. The molecule has 1 aromatic carbocycles. The molecule has 0 aliphatic carbocycles. The third kappa shape index (κ3) is 6.75. The molecule has 0 spiro atoms. The summed E-state index contributed by atoms with van der Waals surface area (Å²) in [5.74, 6) is 2.39. The van der Waals surface area contributed by atoms with Crippen LogP contribution in [0.2, 0.25) is 0 Å². The van der Waals surface area contributed by atoms with Crippen molar-refractivity contribution in [2.75, 3.05) is 37.7 Å². The molecule has 2 N–H and O–H groups in total. The minimum Gasteiger partial charge on any atom is -0.456 e. The van der Waals surface area contributed by atoms with E-state index < -0.39 is 0 Å². The zero-order chi connectivity index (χ0) is 23.6. The van der Waals surface area contributed by atoms with E-state index in [-0.39, 0.29) is 0 Å². The molecule has 1 aromatic heterocycles. The molecular formula is C26H31N5O2. The Labute approximate surface area is 195 Å². The molecule has 7 nitrogen and oxygen atoms in total. The van der Waals surface area contributed by atoms with Crippen molar-refractivity contribution in [3.63, 3.8) is 0 Å². The molecule has 7 heteroatoms. The number of rotatable bonds is 9. The lowest BCUT2D eigenvalue weighted by molar-refractivity contribution is 0.122. The first kappa shape index (κ1) is 24.2. The highest BCUT2D eigenvalue weighted by atomic mass is 16.5. The van der Waals surface area contributed by atoms with Crippen molar-refractivity contribution >= 4 is 17.2 Å². The summed E-state index contributed by atoms with van der Waals surface area (Å²) in [6, 6.07) is 11.1. The van der Waals surface area contributed by atoms with Gasteiger partial charge in [0.2, 0.25) is 0 Å². The highest BCUT2D eigenvalue weighted by Crippen LogP contribution is 2.32. The number of nitrogens with two attached hydrogens (primary N) is 1. The first-order valence-corrected chi connectivity index (χ1v) is 11.2. The Kier molecular flexibility index (Phi) is 8.76. The molecular weight excluding hydrogens is 414 g/mol. The van der Waals surface area contributed by atoms with E-state index in [0.717, 1.165) is 31.0 Å². The highest BCUT2D eigenvalue weighted by Gasteiger charge is 2.15. The molecule has 1 aliphatic heterocycles. The molecule has 1 unspecified atom stereocenters. The molecule has 1 atom stereocenters. The molecule has 0 saturated carbocycles. The fraction of sp³-hybridized carbons (Fsp3) is 0.346. The number of ether oxygens (including phenoxy) is 2. The average Bonchev–Trinajstić information content (AvgIpc) is 2.86. The maximum atomic E-state index is 9.39. The molecule has 0 amide bonds. The van der Waals surface area contributed by atoms with Crippen molar-refractivity contribution in [3.8, 4) is 17.6 Å². The predicted molar refractivity (Wildman–Crippen MR) is 133 cm³/mol. The standard InChI is InChI=1S/C26H31N5O2/c1-4-19(2)5-7-22(18-28)30-20(3)24-8-6-21(17-27)15-25(24)33-23-9-10-29-26(16-23)31-11-13-32-14-12-31/h5-10,15-16,19H,3-4,11-14,18,28H2,1-2H3/b7-5-,30-22+. The van der Waals surface area contributed by atoms with Gasteiger partial charge < -0.3 is 20.1 Å². The van der Waals surface area contributed by atoms with Crippen LogP contribution in [-0.2, 0) is 4.74 Å². The van der Waals surface area contributed by atoms with Gasteiger partial charge in [0.25, 0.3) is 0 Å². The minimum atomic E-state index is 0.297. The van der Waals surface area contributed by atoms with Gasteiger partial charge in [-0.15, -0.1) is 0 Å². The molecule has 1 saturated heterocycles. The number of morpholine rings is 1. The second kappa shape index (κ2) is 12.0. The fourth-order valence-corrected chi connectivity index (χ4v) is 3.27. The van der Waals surface area contributed by atoms with Crippen LogP contribution in [0.3, 0.4) is 0 Å². The topological polar surface area (TPSA) is 96.8 Å². The number of aromatic nitrogens is 1. The number of hydrogen-bond acceptors (Lipinski definition) is 7. The van der Waals surface area contributed by atoms with E-state index >= 15 is 0 Å². The lowest BCUT2D eigenvalue weighted by Gasteiger charge is -2.27. The maximum absolute atomic E-state index is 9.39. The summed E-state index contributed by atoms with van der Waals surface area (Å²) in [6.07, 6.45) is 6.80. The van der Waals surface area contributed by atoms with Gasteiger partial charge in [-0.05, 0) is 36.3 Å². The van der Waals surface area contributed by atoms with Crippen molar-refractivity contribution in [2.45, 2.75) is 20.3 Å². The minimum absolute atomic E-state index is 0.297. The van der Waals surface area contributed by atoms with Crippen LogP contribution in [0.4, 0.5) is 5.82 Å². The number of allylic oxidation sites excluding steroid dienone is 1.